The number of aryl methyl sites for hydroxylation is 1. The second kappa shape index (κ2) is 9.39. The third-order valence-corrected chi connectivity index (χ3v) is 4.06. The predicted molar refractivity (Wildman–Crippen MR) is 92.6 cm³/mol. The van der Waals surface area contributed by atoms with Crippen molar-refractivity contribution in [1.82, 2.24) is 5.64 Å². The van der Waals surface area contributed by atoms with Gasteiger partial charge in [-0.1, -0.05) is 15.9 Å². The Morgan fingerprint density at radius 2 is 2.10 bits per heavy atom. The van der Waals surface area contributed by atoms with E-state index in [9.17, 15) is 33.3 Å². The van der Waals surface area contributed by atoms with Crippen molar-refractivity contribution in [3.05, 3.63) is 48.6 Å². The maximum Gasteiger partial charge on any atom is 0.430 e. The molecule has 1 N–H and O–H groups in total. The normalized spacial score (nSPS) is 16.9. The number of nitrogens with zero attached hydrogens (tertiary/aromatic N) is 1. The SMILES string of the molecule is Cc1cc(Br)cc2c1O[C@H](C(F)(F)F)C(C(=O)OC(CON[O-])CO[N+](=O)[O-])=C2. The highest BCUT2D eigenvalue weighted by molar-refractivity contribution is 9.10. The quantitative estimate of drug-likeness (QED) is 0.335. The summed E-state index contributed by atoms with van der Waals surface area (Å²) in [5.41, 5.74) is 0.717. The van der Waals surface area contributed by atoms with Gasteiger partial charge in [-0.2, -0.15) is 13.2 Å². The Labute approximate surface area is 169 Å². The van der Waals surface area contributed by atoms with Gasteiger partial charge >= 0.3 is 12.1 Å². The van der Waals surface area contributed by atoms with Crippen molar-refractivity contribution in [2.24, 2.45) is 0 Å². The number of hydrogen-bond donors (Lipinski definition) is 1. The van der Waals surface area contributed by atoms with Gasteiger partial charge in [-0.15, -0.1) is 10.1 Å². The maximum atomic E-state index is 13.5. The van der Waals surface area contributed by atoms with Crippen LogP contribution in [0.4, 0.5) is 13.2 Å². The van der Waals surface area contributed by atoms with E-state index in [0.717, 1.165) is 11.7 Å². The molecule has 0 bridgehead atoms. The highest BCUT2D eigenvalue weighted by Gasteiger charge is 2.49. The Bertz CT molecular complexity index is 817. The highest BCUT2D eigenvalue weighted by atomic mass is 79.9. The Balaban J connectivity index is 2.34. The number of carbonyl (C=O) groups excluding carboxylic acids is 1. The van der Waals surface area contributed by atoms with Crippen molar-refractivity contribution in [2.75, 3.05) is 13.2 Å². The average molecular weight is 486 g/mol. The van der Waals surface area contributed by atoms with Crippen molar-refractivity contribution in [1.29, 1.82) is 0 Å². The summed E-state index contributed by atoms with van der Waals surface area (Å²) in [4.78, 5) is 30.9. The minimum absolute atomic E-state index is 0.0563. The van der Waals surface area contributed by atoms with Gasteiger partial charge in [0.05, 0.1) is 5.57 Å². The van der Waals surface area contributed by atoms with Crippen molar-refractivity contribution in [2.45, 2.75) is 25.3 Å². The van der Waals surface area contributed by atoms with Gasteiger partial charge in [-0.25, -0.2) is 4.79 Å². The van der Waals surface area contributed by atoms with Crippen LogP contribution in [0, 0.1) is 22.2 Å². The van der Waals surface area contributed by atoms with Crippen LogP contribution in [0.15, 0.2) is 22.2 Å². The Kier molecular flexibility index (Phi) is 7.40. The average Bonchev–Trinajstić information content (AvgIpc) is 2.61. The van der Waals surface area contributed by atoms with E-state index >= 15 is 0 Å². The number of hydrogen-bond acceptors (Lipinski definition) is 9. The zero-order valence-corrected chi connectivity index (χ0v) is 16.1. The van der Waals surface area contributed by atoms with Crippen LogP contribution in [0.3, 0.4) is 0 Å². The second-order valence-electron chi connectivity index (χ2n) is 5.72. The zero-order valence-electron chi connectivity index (χ0n) is 14.5. The summed E-state index contributed by atoms with van der Waals surface area (Å²) in [6.07, 6.45) is -8.18. The van der Waals surface area contributed by atoms with Crippen LogP contribution in [0.25, 0.3) is 6.08 Å². The molecule has 0 spiro atoms. The maximum absolute atomic E-state index is 13.5. The van der Waals surface area contributed by atoms with Gasteiger partial charge in [0.25, 0.3) is 5.09 Å². The lowest BCUT2D eigenvalue weighted by Gasteiger charge is -2.29. The van der Waals surface area contributed by atoms with E-state index in [1.165, 1.54) is 13.0 Å². The lowest BCUT2D eigenvalue weighted by atomic mass is 9.99. The second-order valence-corrected chi connectivity index (χ2v) is 6.64. The van der Waals surface area contributed by atoms with Crippen LogP contribution in [-0.2, 0) is 19.2 Å². The number of fused-ring (bicyclic) bond motifs is 1. The molecule has 160 valence electrons. The van der Waals surface area contributed by atoms with Gasteiger partial charge in [-0.3, -0.25) is 5.64 Å². The van der Waals surface area contributed by atoms with Crippen LogP contribution < -0.4 is 10.4 Å². The lowest BCUT2D eigenvalue weighted by molar-refractivity contribution is -0.759. The molecule has 1 aromatic carbocycles. The number of nitrogens with one attached hydrogen (secondary N) is 1. The molecule has 10 nitrogen and oxygen atoms in total. The molecule has 0 radical (unpaired) electrons. The number of halogens is 4. The molecule has 1 aliphatic rings. The minimum Gasteiger partial charge on any atom is -0.765 e. The molecule has 0 amide bonds. The first-order chi connectivity index (χ1) is 13.5. The molecule has 2 rings (SSSR count). The van der Waals surface area contributed by atoms with Crippen LogP contribution in [0.2, 0.25) is 0 Å². The first-order valence-corrected chi connectivity index (χ1v) is 8.54. The van der Waals surface area contributed by atoms with E-state index in [4.69, 9.17) is 9.47 Å². The third kappa shape index (κ3) is 6.03. The standard InChI is InChI=1S/C15H13BrF3N2O8/c1-7-2-9(16)3-8-4-11(13(15(17,18)19)29-12(7)8)14(22)28-10(5-26-20-23)6-27-21(24)25/h2-4,10,13,20H,5-6H2,1H3/q-1/t10?,13-/m0/s1. The van der Waals surface area contributed by atoms with Gasteiger partial charge in [0.15, 0.2) is 6.10 Å². The predicted octanol–water partition coefficient (Wildman–Crippen LogP) is 2.60. The van der Waals surface area contributed by atoms with Gasteiger partial charge < -0.3 is 24.4 Å². The first-order valence-electron chi connectivity index (χ1n) is 7.75. The molecule has 0 aliphatic carbocycles. The molecule has 0 fully saturated rings. The van der Waals surface area contributed by atoms with Crippen molar-refractivity contribution in [3.63, 3.8) is 0 Å². The smallest absolute Gasteiger partial charge is 0.430 e. The fraction of sp³-hybridized carbons (Fsp3) is 0.400. The van der Waals surface area contributed by atoms with Gasteiger partial charge in [0.1, 0.15) is 19.0 Å². The van der Waals surface area contributed by atoms with Crippen LogP contribution >= 0.6 is 15.9 Å². The Morgan fingerprint density at radius 3 is 2.69 bits per heavy atom. The fourth-order valence-electron chi connectivity index (χ4n) is 2.46. The highest BCUT2D eigenvalue weighted by Crippen LogP contribution is 2.40. The fourth-order valence-corrected chi connectivity index (χ4v) is 3.05. The van der Waals surface area contributed by atoms with E-state index in [0.29, 0.717) is 10.0 Å². The van der Waals surface area contributed by atoms with E-state index in [-0.39, 0.29) is 11.3 Å². The molecule has 2 atom stereocenters. The molecule has 0 aromatic heterocycles. The Hall–Kier alpha value is -2.42. The molecule has 14 heteroatoms. The number of rotatable bonds is 8. The number of benzene rings is 1. The summed E-state index contributed by atoms with van der Waals surface area (Å²) in [6.45, 7) is -0.0476. The number of alkyl halides is 3. The van der Waals surface area contributed by atoms with Crippen molar-refractivity contribution >= 4 is 28.0 Å². The molecule has 0 saturated carbocycles. The largest absolute Gasteiger partial charge is 0.765 e. The number of ether oxygens (including phenoxy) is 2. The summed E-state index contributed by atoms with van der Waals surface area (Å²) in [5, 5.41) is 19.3. The number of carbonyl (C=O) groups is 1. The minimum atomic E-state index is -4.96. The molecule has 1 aliphatic heterocycles. The van der Waals surface area contributed by atoms with E-state index in [2.05, 4.69) is 25.6 Å². The van der Waals surface area contributed by atoms with E-state index < -0.39 is 48.2 Å². The van der Waals surface area contributed by atoms with Crippen molar-refractivity contribution < 1.29 is 42.2 Å². The van der Waals surface area contributed by atoms with E-state index in [1.54, 1.807) is 6.07 Å². The molecule has 1 heterocycles. The van der Waals surface area contributed by atoms with Gasteiger partial charge in [0.2, 0.25) is 6.10 Å². The van der Waals surface area contributed by atoms with Gasteiger partial charge in [-0.05, 0) is 30.7 Å². The molecule has 1 unspecified atom stereocenters. The molecule has 0 saturated heterocycles. The van der Waals surface area contributed by atoms with E-state index in [1.807, 2.05) is 0 Å². The zero-order chi connectivity index (χ0) is 21.8. The van der Waals surface area contributed by atoms with Crippen molar-refractivity contribution in [3.8, 4) is 5.75 Å². The monoisotopic (exact) mass is 485 g/mol. The lowest BCUT2D eigenvalue weighted by Crippen LogP contribution is -2.42. The van der Waals surface area contributed by atoms with Gasteiger partial charge in [0, 0.05) is 10.0 Å². The summed E-state index contributed by atoms with van der Waals surface area (Å²) in [6, 6.07) is 2.99. The molecule has 1 aromatic rings. The van der Waals surface area contributed by atoms with Crippen LogP contribution in [-0.4, -0.2) is 42.7 Å². The summed E-state index contributed by atoms with van der Waals surface area (Å²) < 4.78 is 50.8. The first kappa shape index (κ1) is 22.9. The summed E-state index contributed by atoms with van der Waals surface area (Å²) in [7, 11) is 0. The molecular weight excluding hydrogens is 473 g/mol. The topological polar surface area (TPSA) is 132 Å². The Morgan fingerprint density at radius 1 is 1.41 bits per heavy atom. The molecule has 29 heavy (non-hydrogen) atoms. The summed E-state index contributed by atoms with van der Waals surface area (Å²) >= 11 is 3.20. The third-order valence-electron chi connectivity index (χ3n) is 3.60. The number of esters is 1. The molecular formula is C15H13BrF3N2O8-. The van der Waals surface area contributed by atoms with Crippen LogP contribution in [0.1, 0.15) is 11.1 Å². The summed E-state index contributed by atoms with van der Waals surface area (Å²) in [5.74, 6) is -1.53. The van der Waals surface area contributed by atoms with Crippen LogP contribution in [0.5, 0.6) is 5.75 Å².